The van der Waals surface area contributed by atoms with Crippen LogP contribution in [0.25, 0.3) is 0 Å². The van der Waals surface area contributed by atoms with Crippen molar-refractivity contribution in [3.05, 3.63) is 71.3 Å². The van der Waals surface area contributed by atoms with Gasteiger partial charge in [-0.2, -0.15) is 5.26 Å². The molecule has 0 saturated heterocycles. The molecule has 2 heteroatoms. The van der Waals surface area contributed by atoms with E-state index < -0.39 is 11.5 Å². The standard InChI is InChI=1S/C18H17NO/c19-13-18(17(20)15-7-2-1-3-8-15)11-10-14-6-4-5-9-16(14)12-18/h1-9,17,20H,10-12H2. The first-order chi connectivity index (χ1) is 9.75. The predicted molar refractivity (Wildman–Crippen MR) is 77.9 cm³/mol. The molecule has 2 aromatic rings. The van der Waals surface area contributed by atoms with E-state index in [1.54, 1.807) is 0 Å². The van der Waals surface area contributed by atoms with E-state index >= 15 is 0 Å². The van der Waals surface area contributed by atoms with Crippen LogP contribution in [0, 0.1) is 16.7 Å². The van der Waals surface area contributed by atoms with Gasteiger partial charge in [0.2, 0.25) is 0 Å². The third-order valence-electron chi connectivity index (χ3n) is 4.33. The number of nitrogens with zero attached hydrogens (tertiary/aromatic N) is 1. The van der Waals surface area contributed by atoms with Gasteiger partial charge in [-0.1, -0.05) is 54.6 Å². The molecule has 1 aliphatic rings. The summed E-state index contributed by atoms with van der Waals surface area (Å²) in [5.41, 5.74) is 2.61. The van der Waals surface area contributed by atoms with E-state index in [4.69, 9.17) is 0 Å². The van der Waals surface area contributed by atoms with E-state index in [0.717, 1.165) is 12.0 Å². The molecule has 0 saturated carbocycles. The Hall–Kier alpha value is -2.11. The smallest absolute Gasteiger partial charge is 0.0979 e. The van der Waals surface area contributed by atoms with Gasteiger partial charge in [0, 0.05) is 0 Å². The first-order valence-electron chi connectivity index (χ1n) is 6.96. The number of aryl methyl sites for hydroxylation is 1. The number of hydrogen-bond donors (Lipinski definition) is 1. The summed E-state index contributed by atoms with van der Waals surface area (Å²) in [4.78, 5) is 0. The second-order valence-corrected chi connectivity index (χ2v) is 5.53. The van der Waals surface area contributed by atoms with Gasteiger partial charge in [0.15, 0.2) is 0 Å². The SMILES string of the molecule is N#CC1(C(O)c2ccccc2)CCc2ccccc2C1. The zero-order chi connectivity index (χ0) is 14.0. The first kappa shape index (κ1) is 12.9. The fourth-order valence-electron chi connectivity index (χ4n) is 3.10. The van der Waals surface area contributed by atoms with Gasteiger partial charge in [-0.05, 0) is 36.0 Å². The van der Waals surface area contributed by atoms with Crippen molar-refractivity contribution in [2.24, 2.45) is 5.41 Å². The Bertz CT molecular complexity index is 644. The molecule has 2 nitrogen and oxygen atoms in total. The fourth-order valence-corrected chi connectivity index (χ4v) is 3.10. The molecule has 1 aliphatic carbocycles. The Morgan fingerprint density at radius 3 is 2.35 bits per heavy atom. The van der Waals surface area contributed by atoms with Crippen LogP contribution >= 0.6 is 0 Å². The molecule has 0 aromatic heterocycles. The maximum atomic E-state index is 10.7. The van der Waals surface area contributed by atoms with Gasteiger partial charge in [-0.15, -0.1) is 0 Å². The topological polar surface area (TPSA) is 44.0 Å². The van der Waals surface area contributed by atoms with Crippen molar-refractivity contribution >= 4 is 0 Å². The van der Waals surface area contributed by atoms with Crippen LogP contribution in [0.2, 0.25) is 0 Å². The summed E-state index contributed by atoms with van der Waals surface area (Å²) < 4.78 is 0. The summed E-state index contributed by atoms with van der Waals surface area (Å²) in [6.45, 7) is 0. The maximum absolute atomic E-state index is 10.7. The average Bonchev–Trinajstić information content (AvgIpc) is 2.54. The third-order valence-corrected chi connectivity index (χ3v) is 4.33. The van der Waals surface area contributed by atoms with Crippen molar-refractivity contribution < 1.29 is 5.11 Å². The Morgan fingerprint density at radius 1 is 1.00 bits per heavy atom. The fraction of sp³-hybridized carbons (Fsp3) is 0.278. The van der Waals surface area contributed by atoms with Crippen LogP contribution in [0.1, 0.15) is 29.2 Å². The number of fused-ring (bicyclic) bond motifs is 1. The molecule has 2 atom stereocenters. The minimum Gasteiger partial charge on any atom is -0.387 e. The molecule has 2 aromatic carbocycles. The molecule has 2 unspecified atom stereocenters. The van der Waals surface area contributed by atoms with Gasteiger partial charge >= 0.3 is 0 Å². The summed E-state index contributed by atoms with van der Waals surface area (Å²) in [5, 5.41) is 20.4. The van der Waals surface area contributed by atoms with Gasteiger partial charge in [-0.3, -0.25) is 0 Å². The highest BCUT2D eigenvalue weighted by Crippen LogP contribution is 2.44. The van der Waals surface area contributed by atoms with E-state index in [2.05, 4.69) is 18.2 Å². The molecular formula is C18H17NO. The second kappa shape index (κ2) is 5.11. The number of aliphatic hydroxyl groups is 1. The highest BCUT2D eigenvalue weighted by Gasteiger charge is 2.41. The molecule has 0 bridgehead atoms. The van der Waals surface area contributed by atoms with Crippen LogP contribution in [0.5, 0.6) is 0 Å². The summed E-state index contributed by atoms with van der Waals surface area (Å²) >= 11 is 0. The van der Waals surface area contributed by atoms with Gasteiger partial charge in [0.25, 0.3) is 0 Å². The van der Waals surface area contributed by atoms with Crippen molar-refractivity contribution in [2.75, 3.05) is 0 Å². The number of nitriles is 1. The molecule has 20 heavy (non-hydrogen) atoms. The number of benzene rings is 2. The molecule has 0 spiro atoms. The Kier molecular flexibility index (Phi) is 3.30. The minimum atomic E-state index is -0.734. The van der Waals surface area contributed by atoms with Crippen LogP contribution in [0.3, 0.4) is 0 Å². The first-order valence-corrected chi connectivity index (χ1v) is 6.96. The molecule has 1 N–H and O–H groups in total. The van der Waals surface area contributed by atoms with Crippen LogP contribution in [-0.4, -0.2) is 5.11 Å². The third kappa shape index (κ3) is 2.11. The van der Waals surface area contributed by atoms with Gasteiger partial charge in [0.05, 0.1) is 17.6 Å². The number of rotatable bonds is 2. The van der Waals surface area contributed by atoms with Crippen molar-refractivity contribution in [1.82, 2.24) is 0 Å². The lowest BCUT2D eigenvalue weighted by Gasteiger charge is -2.36. The van der Waals surface area contributed by atoms with Gasteiger partial charge < -0.3 is 5.11 Å². The summed E-state index contributed by atoms with van der Waals surface area (Å²) in [5.74, 6) is 0. The minimum absolute atomic E-state index is 0.621. The van der Waals surface area contributed by atoms with Crippen LogP contribution in [0.4, 0.5) is 0 Å². The lowest BCUT2D eigenvalue weighted by atomic mass is 9.67. The number of aliphatic hydroxyl groups excluding tert-OH is 1. The van der Waals surface area contributed by atoms with E-state index in [-0.39, 0.29) is 0 Å². The lowest BCUT2D eigenvalue weighted by molar-refractivity contribution is 0.0526. The molecule has 0 fully saturated rings. The Balaban J connectivity index is 1.97. The van der Waals surface area contributed by atoms with Crippen molar-refractivity contribution in [3.63, 3.8) is 0 Å². The van der Waals surface area contributed by atoms with Crippen LogP contribution in [-0.2, 0) is 12.8 Å². The largest absolute Gasteiger partial charge is 0.387 e. The molecule has 0 aliphatic heterocycles. The lowest BCUT2D eigenvalue weighted by Crippen LogP contribution is -2.34. The predicted octanol–water partition coefficient (Wildman–Crippen LogP) is 3.42. The summed E-state index contributed by atoms with van der Waals surface area (Å²) in [6, 6.07) is 20.1. The normalized spacial score (nSPS) is 22.6. The maximum Gasteiger partial charge on any atom is 0.0979 e. The zero-order valence-electron chi connectivity index (χ0n) is 11.3. The molecule has 100 valence electrons. The van der Waals surface area contributed by atoms with Crippen molar-refractivity contribution in [3.8, 4) is 6.07 Å². The van der Waals surface area contributed by atoms with E-state index in [1.807, 2.05) is 42.5 Å². The highest BCUT2D eigenvalue weighted by atomic mass is 16.3. The van der Waals surface area contributed by atoms with Gasteiger partial charge in [0.1, 0.15) is 0 Å². The Labute approximate surface area is 119 Å². The average molecular weight is 263 g/mol. The summed E-state index contributed by atoms with van der Waals surface area (Å²) in [7, 11) is 0. The second-order valence-electron chi connectivity index (χ2n) is 5.53. The molecular weight excluding hydrogens is 246 g/mol. The van der Waals surface area contributed by atoms with Gasteiger partial charge in [-0.25, -0.2) is 0 Å². The molecule has 3 rings (SSSR count). The van der Waals surface area contributed by atoms with E-state index in [1.165, 1.54) is 11.1 Å². The molecule has 0 amide bonds. The highest BCUT2D eigenvalue weighted by molar-refractivity contribution is 5.35. The quantitative estimate of drug-likeness (QED) is 0.902. The molecule has 0 heterocycles. The monoisotopic (exact) mass is 263 g/mol. The summed E-state index contributed by atoms with van der Waals surface area (Å²) in [6.07, 6.45) is 1.45. The number of hydrogen-bond acceptors (Lipinski definition) is 2. The zero-order valence-corrected chi connectivity index (χ0v) is 11.3. The van der Waals surface area contributed by atoms with E-state index in [9.17, 15) is 10.4 Å². The van der Waals surface area contributed by atoms with Crippen LogP contribution < -0.4 is 0 Å². The molecule has 0 radical (unpaired) electrons. The van der Waals surface area contributed by atoms with Crippen molar-refractivity contribution in [2.45, 2.75) is 25.4 Å². The Morgan fingerprint density at radius 2 is 1.65 bits per heavy atom. The van der Waals surface area contributed by atoms with Crippen molar-refractivity contribution in [1.29, 1.82) is 5.26 Å². The van der Waals surface area contributed by atoms with Crippen LogP contribution in [0.15, 0.2) is 54.6 Å². The van der Waals surface area contributed by atoms with E-state index in [0.29, 0.717) is 12.8 Å².